The number of imidazole rings is 1. The smallest absolute Gasteiger partial charge is 0.278 e. The highest BCUT2D eigenvalue weighted by Gasteiger charge is 2.24. The normalized spacial score (nSPS) is 14.8. The lowest BCUT2D eigenvalue weighted by molar-refractivity contribution is 0.470. The summed E-state index contributed by atoms with van der Waals surface area (Å²) in [6.45, 7) is 7.27. The molecule has 98 valence electrons. The first-order valence-corrected chi connectivity index (χ1v) is 7.02. The third-order valence-corrected chi connectivity index (χ3v) is 3.47. The SMILES string of the molecule is CCC(NS(=O)(=O)NC(C)(C)C)c1ncc[nH]1. The molecule has 1 unspecified atom stereocenters. The highest BCUT2D eigenvalue weighted by Crippen LogP contribution is 2.13. The minimum absolute atomic E-state index is 0.343. The van der Waals surface area contributed by atoms with E-state index in [-0.39, 0.29) is 6.04 Å². The standard InChI is InChI=1S/C10H20N4O2S/c1-5-8(9-11-6-7-12-9)13-17(15,16)14-10(2,3)4/h6-8,13-14H,5H2,1-4H3,(H,11,12). The molecule has 0 spiro atoms. The van der Waals surface area contributed by atoms with Gasteiger partial charge in [-0.25, -0.2) is 4.98 Å². The molecular weight excluding hydrogens is 240 g/mol. The van der Waals surface area contributed by atoms with Gasteiger partial charge in [0, 0.05) is 17.9 Å². The van der Waals surface area contributed by atoms with Crippen molar-refractivity contribution in [2.24, 2.45) is 0 Å². The van der Waals surface area contributed by atoms with Crippen LogP contribution in [0.3, 0.4) is 0 Å². The lowest BCUT2D eigenvalue weighted by atomic mass is 10.1. The molecule has 3 N–H and O–H groups in total. The zero-order chi connectivity index (χ0) is 13.1. The lowest BCUT2D eigenvalue weighted by Gasteiger charge is -2.23. The van der Waals surface area contributed by atoms with Crippen molar-refractivity contribution in [3.63, 3.8) is 0 Å². The third kappa shape index (κ3) is 4.84. The molecule has 0 saturated carbocycles. The maximum absolute atomic E-state index is 11.8. The number of aromatic amines is 1. The van der Waals surface area contributed by atoms with Gasteiger partial charge in [0.15, 0.2) is 0 Å². The molecule has 0 amide bonds. The number of nitrogens with one attached hydrogen (secondary N) is 3. The Labute approximate surface area is 102 Å². The van der Waals surface area contributed by atoms with E-state index in [2.05, 4.69) is 19.4 Å². The van der Waals surface area contributed by atoms with Crippen molar-refractivity contribution in [3.8, 4) is 0 Å². The van der Waals surface area contributed by atoms with Gasteiger partial charge in [-0.2, -0.15) is 17.9 Å². The fourth-order valence-corrected chi connectivity index (χ4v) is 2.94. The Morgan fingerprint density at radius 3 is 2.53 bits per heavy atom. The Morgan fingerprint density at radius 1 is 1.47 bits per heavy atom. The molecule has 6 nitrogen and oxygen atoms in total. The molecule has 1 atom stereocenters. The molecule has 7 heteroatoms. The molecule has 0 radical (unpaired) electrons. The zero-order valence-corrected chi connectivity index (χ0v) is 11.4. The molecule has 0 bridgehead atoms. The lowest BCUT2D eigenvalue weighted by Crippen LogP contribution is -2.47. The van der Waals surface area contributed by atoms with Crippen molar-refractivity contribution < 1.29 is 8.42 Å². The summed E-state index contributed by atoms with van der Waals surface area (Å²) in [5, 5.41) is 0. The van der Waals surface area contributed by atoms with E-state index in [0.29, 0.717) is 12.2 Å². The van der Waals surface area contributed by atoms with Crippen molar-refractivity contribution in [1.82, 2.24) is 19.4 Å². The van der Waals surface area contributed by atoms with Crippen LogP contribution in [0.1, 0.15) is 46.0 Å². The second-order valence-electron chi connectivity index (χ2n) is 4.91. The van der Waals surface area contributed by atoms with E-state index in [9.17, 15) is 8.42 Å². The Morgan fingerprint density at radius 2 is 2.12 bits per heavy atom. The van der Waals surface area contributed by atoms with Gasteiger partial charge < -0.3 is 4.98 Å². The number of nitrogens with zero attached hydrogens (tertiary/aromatic N) is 1. The number of aromatic nitrogens is 2. The number of H-pyrrole nitrogens is 1. The van der Waals surface area contributed by atoms with E-state index in [0.717, 1.165) is 0 Å². The van der Waals surface area contributed by atoms with Crippen molar-refractivity contribution in [1.29, 1.82) is 0 Å². The average molecular weight is 260 g/mol. The number of hydrogen-bond acceptors (Lipinski definition) is 3. The highest BCUT2D eigenvalue weighted by atomic mass is 32.2. The van der Waals surface area contributed by atoms with Crippen LogP contribution in [0.4, 0.5) is 0 Å². The van der Waals surface area contributed by atoms with Crippen LogP contribution in [0.2, 0.25) is 0 Å². The van der Waals surface area contributed by atoms with Gasteiger partial charge in [-0.1, -0.05) is 6.92 Å². The summed E-state index contributed by atoms with van der Waals surface area (Å²) in [4.78, 5) is 6.97. The predicted molar refractivity (Wildman–Crippen MR) is 66.6 cm³/mol. The van der Waals surface area contributed by atoms with E-state index in [1.165, 1.54) is 0 Å². The molecule has 0 aromatic carbocycles. The molecule has 1 rings (SSSR count). The molecule has 1 heterocycles. The van der Waals surface area contributed by atoms with Gasteiger partial charge in [0.05, 0.1) is 6.04 Å². The molecule has 17 heavy (non-hydrogen) atoms. The van der Waals surface area contributed by atoms with Crippen molar-refractivity contribution in [2.75, 3.05) is 0 Å². The van der Waals surface area contributed by atoms with Crippen LogP contribution in [0.25, 0.3) is 0 Å². The first kappa shape index (κ1) is 14.1. The van der Waals surface area contributed by atoms with Gasteiger partial charge in [-0.15, -0.1) is 0 Å². The van der Waals surface area contributed by atoms with Crippen LogP contribution in [-0.2, 0) is 10.2 Å². The van der Waals surface area contributed by atoms with Crippen LogP contribution >= 0.6 is 0 Å². The fraction of sp³-hybridized carbons (Fsp3) is 0.700. The van der Waals surface area contributed by atoms with Crippen LogP contribution in [0.5, 0.6) is 0 Å². The molecule has 0 aliphatic carbocycles. The van der Waals surface area contributed by atoms with Crippen molar-refractivity contribution in [2.45, 2.75) is 45.7 Å². The summed E-state index contributed by atoms with van der Waals surface area (Å²) in [5.74, 6) is 0.617. The van der Waals surface area contributed by atoms with Gasteiger partial charge in [0.1, 0.15) is 5.82 Å². The van der Waals surface area contributed by atoms with E-state index >= 15 is 0 Å². The van der Waals surface area contributed by atoms with E-state index in [1.54, 1.807) is 33.2 Å². The average Bonchev–Trinajstić information content (AvgIpc) is 2.62. The van der Waals surface area contributed by atoms with Crippen LogP contribution in [0.15, 0.2) is 12.4 Å². The highest BCUT2D eigenvalue weighted by molar-refractivity contribution is 7.87. The molecule has 0 saturated heterocycles. The largest absolute Gasteiger partial charge is 0.347 e. The van der Waals surface area contributed by atoms with E-state index < -0.39 is 15.7 Å². The Hall–Kier alpha value is -0.920. The topological polar surface area (TPSA) is 86.9 Å². The molecule has 1 aromatic rings. The predicted octanol–water partition coefficient (Wildman–Crippen LogP) is 1.08. The van der Waals surface area contributed by atoms with E-state index in [4.69, 9.17) is 0 Å². The summed E-state index contributed by atoms with van der Waals surface area (Å²) in [6, 6.07) is -0.343. The Kier molecular flexibility index (Phi) is 4.29. The first-order valence-electron chi connectivity index (χ1n) is 5.54. The third-order valence-electron chi connectivity index (χ3n) is 2.00. The molecule has 0 aliphatic rings. The quantitative estimate of drug-likeness (QED) is 0.740. The van der Waals surface area contributed by atoms with Crippen molar-refractivity contribution >= 4 is 10.2 Å². The van der Waals surface area contributed by atoms with Crippen molar-refractivity contribution in [3.05, 3.63) is 18.2 Å². The first-order chi connectivity index (χ1) is 7.73. The molecular formula is C10H20N4O2S. The van der Waals surface area contributed by atoms with Gasteiger partial charge in [0.25, 0.3) is 10.2 Å². The van der Waals surface area contributed by atoms with Crippen LogP contribution in [0, 0.1) is 0 Å². The fourth-order valence-electron chi connectivity index (χ4n) is 1.42. The zero-order valence-electron chi connectivity index (χ0n) is 10.6. The van der Waals surface area contributed by atoms with E-state index in [1.807, 2.05) is 6.92 Å². The monoisotopic (exact) mass is 260 g/mol. The summed E-state index contributed by atoms with van der Waals surface area (Å²) in [7, 11) is -3.54. The maximum Gasteiger partial charge on any atom is 0.278 e. The minimum atomic E-state index is -3.54. The van der Waals surface area contributed by atoms with Crippen LogP contribution < -0.4 is 9.44 Å². The summed E-state index contributed by atoms with van der Waals surface area (Å²) in [6.07, 6.45) is 3.89. The second-order valence-corrected chi connectivity index (χ2v) is 6.36. The van der Waals surface area contributed by atoms with Crippen LogP contribution in [-0.4, -0.2) is 23.9 Å². The summed E-state index contributed by atoms with van der Waals surface area (Å²) >= 11 is 0. The minimum Gasteiger partial charge on any atom is -0.347 e. The Balaban J connectivity index is 2.75. The number of rotatable bonds is 5. The summed E-state index contributed by atoms with van der Waals surface area (Å²) < 4.78 is 28.8. The number of hydrogen-bond donors (Lipinski definition) is 3. The molecule has 1 aromatic heterocycles. The van der Waals surface area contributed by atoms with Gasteiger partial charge in [-0.3, -0.25) is 0 Å². The van der Waals surface area contributed by atoms with Gasteiger partial charge >= 0.3 is 0 Å². The molecule has 0 aliphatic heterocycles. The Bertz CT molecular complexity index is 433. The van der Waals surface area contributed by atoms with Gasteiger partial charge in [0.2, 0.25) is 0 Å². The maximum atomic E-state index is 11.8. The molecule has 0 fully saturated rings. The second kappa shape index (κ2) is 5.16. The van der Waals surface area contributed by atoms with Gasteiger partial charge in [-0.05, 0) is 27.2 Å². The summed E-state index contributed by atoms with van der Waals surface area (Å²) in [5.41, 5.74) is -0.507.